The Kier molecular flexibility index (Phi) is 5.52. The van der Waals surface area contributed by atoms with Gasteiger partial charge in [-0.05, 0) is 51.3 Å². The zero-order valence-electron chi connectivity index (χ0n) is 15.1. The third kappa shape index (κ3) is 5.25. The third-order valence-corrected chi connectivity index (χ3v) is 4.28. The maximum atomic E-state index is 12.5. The molecule has 0 bridgehead atoms. The number of benzene rings is 1. The predicted molar refractivity (Wildman–Crippen MR) is 94.7 cm³/mol. The highest BCUT2D eigenvalue weighted by molar-refractivity contribution is 5.95. The number of hydrogen-bond acceptors (Lipinski definition) is 3. The van der Waals surface area contributed by atoms with E-state index in [1.54, 1.807) is 0 Å². The second-order valence-electron chi connectivity index (χ2n) is 7.78. The fourth-order valence-corrected chi connectivity index (χ4v) is 2.91. The second kappa shape index (κ2) is 7.24. The molecule has 0 unspecified atom stereocenters. The van der Waals surface area contributed by atoms with Crippen molar-refractivity contribution in [1.82, 2.24) is 5.32 Å². The summed E-state index contributed by atoms with van der Waals surface area (Å²) in [5, 5.41) is 5.73. The molecule has 1 fully saturated rings. The van der Waals surface area contributed by atoms with Gasteiger partial charge < -0.3 is 15.4 Å². The van der Waals surface area contributed by atoms with Crippen molar-refractivity contribution in [2.24, 2.45) is 5.41 Å². The molecule has 5 nitrogen and oxygen atoms in total. The Hall–Kier alpha value is -2.04. The average molecular weight is 332 g/mol. The molecule has 5 heteroatoms. The predicted octanol–water partition coefficient (Wildman–Crippen LogP) is 4.23. The van der Waals surface area contributed by atoms with Crippen LogP contribution in [0.5, 0.6) is 0 Å². The van der Waals surface area contributed by atoms with E-state index in [1.165, 1.54) is 0 Å². The molecule has 1 aliphatic carbocycles. The van der Waals surface area contributed by atoms with E-state index in [0.717, 1.165) is 36.9 Å². The summed E-state index contributed by atoms with van der Waals surface area (Å²) in [6.07, 6.45) is 3.67. The SMILES string of the molecule is CC(C)(C)OC(=O)NCc1cccc(NC(=O)C2(C)CCCC2)c1. The molecule has 132 valence electrons. The first kappa shape index (κ1) is 18.3. The molecule has 1 aromatic carbocycles. The van der Waals surface area contributed by atoms with Crippen LogP contribution in [0.1, 0.15) is 58.9 Å². The number of hydrogen-bond donors (Lipinski definition) is 2. The molecule has 0 aromatic heterocycles. The molecule has 2 amide bonds. The van der Waals surface area contributed by atoms with Crippen molar-refractivity contribution in [1.29, 1.82) is 0 Å². The third-order valence-electron chi connectivity index (χ3n) is 4.28. The number of carbonyl (C=O) groups is 2. The van der Waals surface area contributed by atoms with Gasteiger partial charge in [-0.15, -0.1) is 0 Å². The van der Waals surface area contributed by atoms with Crippen molar-refractivity contribution in [2.45, 2.75) is 65.5 Å². The highest BCUT2D eigenvalue weighted by atomic mass is 16.6. The van der Waals surface area contributed by atoms with Crippen LogP contribution in [0.15, 0.2) is 24.3 Å². The molecular formula is C19H28N2O3. The summed E-state index contributed by atoms with van der Waals surface area (Å²) in [4.78, 5) is 24.2. The van der Waals surface area contributed by atoms with E-state index >= 15 is 0 Å². The van der Waals surface area contributed by atoms with Crippen LogP contribution in [0.25, 0.3) is 0 Å². The topological polar surface area (TPSA) is 67.4 Å². The van der Waals surface area contributed by atoms with Crippen LogP contribution in [-0.2, 0) is 16.1 Å². The molecule has 0 saturated heterocycles. The van der Waals surface area contributed by atoms with Crippen LogP contribution < -0.4 is 10.6 Å². The second-order valence-corrected chi connectivity index (χ2v) is 7.78. The summed E-state index contributed by atoms with van der Waals surface area (Å²) < 4.78 is 5.22. The molecule has 1 aromatic rings. The van der Waals surface area contributed by atoms with E-state index in [4.69, 9.17) is 4.74 Å². The van der Waals surface area contributed by atoms with Gasteiger partial charge in [-0.25, -0.2) is 4.79 Å². The Morgan fingerprint density at radius 1 is 1.21 bits per heavy atom. The summed E-state index contributed by atoms with van der Waals surface area (Å²) in [5.41, 5.74) is 0.897. The lowest BCUT2D eigenvalue weighted by Crippen LogP contribution is -2.32. The van der Waals surface area contributed by atoms with Crippen LogP contribution in [0.3, 0.4) is 0 Å². The molecule has 0 atom stereocenters. The number of ether oxygens (including phenoxy) is 1. The molecule has 0 aliphatic heterocycles. The number of rotatable bonds is 4. The first-order chi connectivity index (χ1) is 11.2. The van der Waals surface area contributed by atoms with Crippen LogP contribution in [0.4, 0.5) is 10.5 Å². The van der Waals surface area contributed by atoms with Crippen LogP contribution in [0.2, 0.25) is 0 Å². The average Bonchev–Trinajstić information content (AvgIpc) is 2.92. The van der Waals surface area contributed by atoms with Gasteiger partial charge in [0, 0.05) is 17.6 Å². The molecule has 2 N–H and O–H groups in total. The van der Waals surface area contributed by atoms with Gasteiger partial charge >= 0.3 is 6.09 Å². The Morgan fingerprint density at radius 2 is 1.88 bits per heavy atom. The van der Waals surface area contributed by atoms with Crippen LogP contribution in [-0.4, -0.2) is 17.6 Å². The number of anilines is 1. The molecule has 1 aliphatic rings. The van der Waals surface area contributed by atoms with Crippen molar-refractivity contribution in [3.63, 3.8) is 0 Å². The normalized spacial score (nSPS) is 16.5. The number of amides is 2. The highest BCUT2D eigenvalue weighted by Gasteiger charge is 2.36. The van der Waals surface area contributed by atoms with Crippen molar-refractivity contribution in [2.75, 3.05) is 5.32 Å². The minimum atomic E-state index is -0.517. The molecule has 0 spiro atoms. The minimum Gasteiger partial charge on any atom is -0.444 e. The maximum absolute atomic E-state index is 12.5. The molecule has 0 heterocycles. The number of alkyl carbamates (subject to hydrolysis) is 1. The standard InChI is InChI=1S/C19H28N2O3/c1-18(2,3)24-17(23)20-13-14-8-7-9-15(12-14)21-16(22)19(4)10-5-6-11-19/h7-9,12H,5-6,10-11,13H2,1-4H3,(H,20,23)(H,21,22). The molecular weight excluding hydrogens is 304 g/mol. The lowest BCUT2D eigenvalue weighted by atomic mass is 9.88. The van der Waals surface area contributed by atoms with E-state index in [9.17, 15) is 9.59 Å². The zero-order valence-corrected chi connectivity index (χ0v) is 15.1. The Bertz CT molecular complexity index is 599. The molecule has 0 radical (unpaired) electrons. The Labute approximate surface area is 144 Å². The van der Waals surface area contributed by atoms with Crippen molar-refractivity contribution >= 4 is 17.7 Å². The Balaban J connectivity index is 1.91. The maximum Gasteiger partial charge on any atom is 0.407 e. The largest absolute Gasteiger partial charge is 0.444 e. The molecule has 24 heavy (non-hydrogen) atoms. The van der Waals surface area contributed by atoms with Crippen molar-refractivity contribution in [3.8, 4) is 0 Å². The van der Waals surface area contributed by atoms with Gasteiger partial charge in [0.25, 0.3) is 0 Å². The van der Waals surface area contributed by atoms with Gasteiger partial charge in [0.15, 0.2) is 0 Å². The van der Waals surface area contributed by atoms with E-state index < -0.39 is 11.7 Å². The van der Waals surface area contributed by atoms with Gasteiger partial charge in [0.1, 0.15) is 5.60 Å². The van der Waals surface area contributed by atoms with Crippen molar-refractivity contribution < 1.29 is 14.3 Å². The van der Waals surface area contributed by atoms with Crippen LogP contribution >= 0.6 is 0 Å². The first-order valence-electron chi connectivity index (χ1n) is 8.55. The van der Waals surface area contributed by atoms with E-state index in [-0.39, 0.29) is 11.3 Å². The first-order valence-corrected chi connectivity index (χ1v) is 8.55. The summed E-state index contributed by atoms with van der Waals surface area (Å²) in [6.45, 7) is 7.87. The summed E-state index contributed by atoms with van der Waals surface area (Å²) in [5.74, 6) is 0.0808. The van der Waals surface area contributed by atoms with Gasteiger partial charge in [-0.3, -0.25) is 4.79 Å². The Morgan fingerprint density at radius 3 is 2.50 bits per heavy atom. The van der Waals surface area contributed by atoms with Gasteiger partial charge in [0.2, 0.25) is 5.91 Å². The minimum absolute atomic E-state index is 0.0808. The number of nitrogens with one attached hydrogen (secondary N) is 2. The van der Waals surface area contributed by atoms with Crippen molar-refractivity contribution in [3.05, 3.63) is 29.8 Å². The fraction of sp³-hybridized carbons (Fsp3) is 0.579. The monoisotopic (exact) mass is 332 g/mol. The highest BCUT2D eigenvalue weighted by Crippen LogP contribution is 2.38. The fourth-order valence-electron chi connectivity index (χ4n) is 2.91. The quantitative estimate of drug-likeness (QED) is 0.867. The summed E-state index contributed by atoms with van der Waals surface area (Å²) in [7, 11) is 0. The van der Waals surface area contributed by atoms with Gasteiger partial charge in [-0.1, -0.05) is 31.9 Å². The van der Waals surface area contributed by atoms with E-state index in [2.05, 4.69) is 10.6 Å². The zero-order chi connectivity index (χ0) is 17.8. The molecule has 1 saturated carbocycles. The van der Waals surface area contributed by atoms with Crippen LogP contribution in [0, 0.1) is 5.41 Å². The van der Waals surface area contributed by atoms with Gasteiger partial charge in [-0.2, -0.15) is 0 Å². The van der Waals surface area contributed by atoms with E-state index in [1.807, 2.05) is 52.0 Å². The van der Waals surface area contributed by atoms with Gasteiger partial charge in [0.05, 0.1) is 0 Å². The lowest BCUT2D eigenvalue weighted by Gasteiger charge is -2.22. The lowest BCUT2D eigenvalue weighted by molar-refractivity contribution is -0.124. The summed E-state index contributed by atoms with van der Waals surface area (Å²) in [6, 6.07) is 7.53. The smallest absolute Gasteiger partial charge is 0.407 e. The number of carbonyl (C=O) groups excluding carboxylic acids is 2. The molecule has 2 rings (SSSR count). The summed E-state index contributed by atoms with van der Waals surface area (Å²) >= 11 is 0. The van der Waals surface area contributed by atoms with E-state index in [0.29, 0.717) is 6.54 Å².